The van der Waals surface area contributed by atoms with E-state index in [9.17, 15) is 9.59 Å². The number of halogens is 2. The van der Waals surface area contributed by atoms with Crippen LogP contribution < -0.4 is 10.6 Å². The van der Waals surface area contributed by atoms with E-state index in [-0.39, 0.29) is 43.0 Å². The summed E-state index contributed by atoms with van der Waals surface area (Å²) in [5.74, 6) is -0.0306. The number of aliphatic hydroxyl groups excluding tert-OH is 3. The smallest absolute Gasteiger partial charge is 0.271 e. The summed E-state index contributed by atoms with van der Waals surface area (Å²) in [5.41, 5.74) is 0. The van der Waals surface area contributed by atoms with Gasteiger partial charge in [0.15, 0.2) is 6.29 Å². The van der Waals surface area contributed by atoms with Gasteiger partial charge in [-0.2, -0.15) is 0 Å². The normalized spacial score (nSPS) is 17.1. The molecule has 14 heteroatoms. The largest absolute Gasteiger partial charge is 0.394 e. The highest BCUT2D eigenvalue weighted by Crippen LogP contribution is 2.10. The zero-order valence-corrected chi connectivity index (χ0v) is 22.8. The second kappa shape index (κ2) is 29.4. The molecule has 1 fully saturated rings. The van der Waals surface area contributed by atoms with Crippen LogP contribution in [0.1, 0.15) is 39.5 Å². The molecule has 0 saturated carbocycles. The number of ether oxygens (including phenoxy) is 5. The Morgan fingerprint density at radius 2 is 1.51 bits per heavy atom. The molecule has 0 aromatic carbocycles. The molecule has 2 amide bonds. The van der Waals surface area contributed by atoms with Crippen molar-refractivity contribution < 1.29 is 48.6 Å². The van der Waals surface area contributed by atoms with Gasteiger partial charge in [0.1, 0.15) is 6.10 Å². The summed E-state index contributed by atoms with van der Waals surface area (Å²) >= 11 is 9.53. The minimum atomic E-state index is -0.837. The lowest BCUT2D eigenvalue weighted by atomic mass is 10.3. The summed E-state index contributed by atoms with van der Waals surface area (Å²) in [6.45, 7) is 3.97. The lowest BCUT2D eigenvalue weighted by Gasteiger charge is -2.10. The highest BCUT2D eigenvalue weighted by Gasteiger charge is 2.25. The first-order valence-corrected chi connectivity index (χ1v) is 12.2. The van der Waals surface area contributed by atoms with Gasteiger partial charge in [-0.1, -0.05) is 13.8 Å². The Kier molecular flexibility index (Phi) is 32.6. The Hall–Kier alpha value is -0.800. The summed E-state index contributed by atoms with van der Waals surface area (Å²) in [6, 6.07) is 0. The van der Waals surface area contributed by atoms with Crippen molar-refractivity contribution in [3.05, 3.63) is 0 Å². The van der Waals surface area contributed by atoms with Gasteiger partial charge in [-0.05, 0) is 12.8 Å². The molecule has 1 heterocycles. The van der Waals surface area contributed by atoms with E-state index in [0.717, 1.165) is 12.8 Å². The molecule has 5 N–H and O–H groups in total. The number of amides is 2. The molecule has 0 aliphatic carbocycles. The average Bonchev–Trinajstić information content (AvgIpc) is 3.32. The second-order valence-corrected chi connectivity index (χ2v) is 7.55. The fourth-order valence-electron chi connectivity index (χ4n) is 2.05. The quantitative estimate of drug-likeness (QED) is 0.160. The molecule has 0 spiro atoms. The molecule has 1 aliphatic rings. The first-order valence-electron chi connectivity index (χ1n) is 11.1. The third-order valence-electron chi connectivity index (χ3n) is 3.82. The Morgan fingerprint density at radius 1 is 1.00 bits per heavy atom. The van der Waals surface area contributed by atoms with Gasteiger partial charge >= 0.3 is 0 Å². The number of hydrogen-bond acceptors (Lipinski definition) is 10. The van der Waals surface area contributed by atoms with E-state index in [1.807, 2.05) is 13.8 Å². The molecule has 1 saturated heterocycles. The van der Waals surface area contributed by atoms with Crippen molar-refractivity contribution in [3.8, 4) is 0 Å². The molecule has 35 heavy (non-hydrogen) atoms. The van der Waals surface area contributed by atoms with Crippen LogP contribution in [0.3, 0.4) is 0 Å². The van der Waals surface area contributed by atoms with E-state index in [1.54, 1.807) is 0 Å². The van der Waals surface area contributed by atoms with Crippen LogP contribution in [0.15, 0.2) is 0 Å². The van der Waals surface area contributed by atoms with Crippen LogP contribution >= 0.6 is 23.2 Å². The zero-order chi connectivity index (χ0) is 27.5. The molecule has 1 aliphatic heterocycles. The Labute approximate surface area is 218 Å². The number of rotatable bonds is 13. The highest BCUT2D eigenvalue weighted by atomic mass is 35.5. The van der Waals surface area contributed by atoms with Crippen LogP contribution in [0.25, 0.3) is 0 Å². The van der Waals surface area contributed by atoms with Crippen molar-refractivity contribution in [2.24, 2.45) is 0 Å². The predicted octanol–water partition coefficient (Wildman–Crippen LogP) is 0.523. The lowest BCUT2D eigenvalue weighted by molar-refractivity contribution is -0.222. The summed E-state index contributed by atoms with van der Waals surface area (Å²) in [7, 11) is 4.47. The maximum Gasteiger partial charge on any atom is 0.271 e. The van der Waals surface area contributed by atoms with Gasteiger partial charge < -0.3 is 49.6 Å². The molecule has 0 aromatic rings. The fourth-order valence-corrected chi connectivity index (χ4v) is 2.05. The van der Waals surface area contributed by atoms with Crippen molar-refractivity contribution >= 4 is 35.0 Å². The molecule has 0 bridgehead atoms. The van der Waals surface area contributed by atoms with Gasteiger partial charge in [0, 0.05) is 47.3 Å². The van der Waals surface area contributed by atoms with Gasteiger partial charge in [-0.3, -0.25) is 9.59 Å². The fraction of sp³-hybridized carbons (Fsp3) is 0.905. The van der Waals surface area contributed by atoms with Gasteiger partial charge in [-0.25, -0.2) is 0 Å². The Bertz CT molecular complexity index is 472. The molecular formula is C21H44Cl2N2O10. The van der Waals surface area contributed by atoms with Crippen molar-refractivity contribution in [3.63, 3.8) is 0 Å². The predicted molar refractivity (Wildman–Crippen MR) is 132 cm³/mol. The second-order valence-electron chi connectivity index (χ2n) is 6.74. The van der Waals surface area contributed by atoms with E-state index >= 15 is 0 Å². The lowest BCUT2D eigenvalue weighted by Crippen LogP contribution is -2.33. The van der Waals surface area contributed by atoms with Crippen LogP contribution in [-0.4, -0.2) is 112 Å². The van der Waals surface area contributed by atoms with Crippen molar-refractivity contribution in [2.45, 2.75) is 64.5 Å². The van der Waals surface area contributed by atoms with E-state index in [1.165, 1.54) is 21.3 Å². The minimum Gasteiger partial charge on any atom is -0.394 e. The maximum absolute atomic E-state index is 11.1. The topological polar surface area (TPSA) is 165 Å². The third-order valence-corrected chi connectivity index (χ3v) is 3.82. The van der Waals surface area contributed by atoms with Crippen LogP contribution in [0.4, 0.5) is 0 Å². The Balaban J connectivity index is -0.000000435. The van der Waals surface area contributed by atoms with Crippen LogP contribution in [0.2, 0.25) is 0 Å². The molecule has 212 valence electrons. The number of hydrogen-bond donors (Lipinski definition) is 5. The molecule has 12 nitrogen and oxygen atoms in total. The minimum absolute atomic E-state index is 0.0527. The number of methoxy groups -OCH3 is 3. The van der Waals surface area contributed by atoms with E-state index in [0.29, 0.717) is 26.0 Å². The molecule has 1 rings (SSSR count). The van der Waals surface area contributed by atoms with Gasteiger partial charge in [0.2, 0.25) is 11.8 Å². The Morgan fingerprint density at radius 3 is 1.86 bits per heavy atom. The SMILES string of the molecule is CCCC(=O)NCC(O)CO.CCCC(=O)NCC1COC(OC)O1.COC(CO)OC.ClCCl. The molecule has 0 radical (unpaired) electrons. The monoisotopic (exact) mass is 554 g/mol. The van der Waals surface area contributed by atoms with E-state index < -0.39 is 18.9 Å². The van der Waals surface area contributed by atoms with E-state index in [2.05, 4.69) is 20.1 Å². The number of alkyl halides is 2. The molecule has 3 atom stereocenters. The van der Waals surface area contributed by atoms with Crippen LogP contribution in [-0.2, 0) is 33.3 Å². The zero-order valence-electron chi connectivity index (χ0n) is 21.3. The van der Waals surface area contributed by atoms with Crippen molar-refractivity contribution in [2.75, 3.05) is 59.6 Å². The van der Waals surface area contributed by atoms with Gasteiger partial charge in [0.25, 0.3) is 6.48 Å². The summed E-state index contributed by atoms with van der Waals surface area (Å²) in [4.78, 5) is 21.9. The highest BCUT2D eigenvalue weighted by molar-refractivity contribution is 6.40. The number of aliphatic hydroxyl groups is 3. The maximum atomic E-state index is 11.1. The molecular weight excluding hydrogens is 511 g/mol. The van der Waals surface area contributed by atoms with Crippen molar-refractivity contribution in [1.29, 1.82) is 0 Å². The summed E-state index contributed by atoms with van der Waals surface area (Å²) < 4.78 is 24.4. The van der Waals surface area contributed by atoms with E-state index in [4.69, 9.17) is 52.7 Å². The molecule has 0 aromatic heterocycles. The number of nitrogens with one attached hydrogen (secondary N) is 2. The first kappa shape index (κ1) is 38.7. The molecule has 3 unspecified atom stereocenters. The van der Waals surface area contributed by atoms with Gasteiger partial charge in [0.05, 0.1) is 31.3 Å². The number of carbonyl (C=O) groups excluding carboxylic acids is 2. The summed E-state index contributed by atoms with van der Waals surface area (Å²) in [5, 5.41) is 30.9. The van der Waals surface area contributed by atoms with Crippen LogP contribution in [0.5, 0.6) is 0 Å². The average molecular weight is 555 g/mol. The summed E-state index contributed by atoms with van der Waals surface area (Å²) in [6.07, 6.45) is 1.28. The van der Waals surface area contributed by atoms with Crippen molar-refractivity contribution in [1.82, 2.24) is 10.6 Å². The standard InChI is InChI=1S/C9H17NO4.C7H15NO3.C4H10O3.CH2Cl2/c1-3-4-8(11)10-5-7-6-13-9(12-2)14-7;1-2-3-7(11)8-4-6(10)5-9;1-6-4(3-5)7-2;2-1-3/h7,9H,3-6H2,1-2H3,(H,10,11);6,9-10H,2-5H2,1H3,(H,8,11);4-5H,3H2,1-2H3;1H2. The first-order chi connectivity index (χ1) is 16.7. The van der Waals surface area contributed by atoms with Crippen LogP contribution in [0, 0.1) is 0 Å². The third kappa shape index (κ3) is 27.6. The van der Waals surface area contributed by atoms with Gasteiger partial charge in [-0.15, -0.1) is 23.2 Å². The number of carbonyl (C=O) groups is 2.